The van der Waals surface area contributed by atoms with Gasteiger partial charge in [-0.15, -0.1) is 0 Å². The fourth-order valence-corrected chi connectivity index (χ4v) is 4.08. The number of alkyl halides is 2. The van der Waals surface area contributed by atoms with Gasteiger partial charge in [0.1, 0.15) is 0 Å². The van der Waals surface area contributed by atoms with Gasteiger partial charge in [0.15, 0.2) is 0 Å². The largest absolute Gasteiger partial charge is 0.341 e. The number of halogens is 3. The van der Waals surface area contributed by atoms with Gasteiger partial charge in [-0.3, -0.25) is 9.20 Å². The number of benzene rings is 2. The van der Waals surface area contributed by atoms with E-state index in [0.29, 0.717) is 27.8 Å². The van der Waals surface area contributed by atoms with Crippen molar-refractivity contribution in [2.45, 2.75) is 24.1 Å². The number of sulfone groups is 1. The van der Waals surface area contributed by atoms with Crippen molar-refractivity contribution in [3.63, 3.8) is 0 Å². The molecule has 0 radical (unpaired) electrons. The highest BCUT2D eigenvalue weighted by molar-refractivity contribution is 7.91. The predicted octanol–water partition coefficient (Wildman–Crippen LogP) is 4.17. The number of rotatable bonds is 5. The molecule has 0 spiro atoms. The molecule has 10 heteroatoms. The molecule has 0 aliphatic heterocycles. The normalized spacial score (nSPS) is 12.0. The molecule has 0 saturated heterocycles. The van der Waals surface area contributed by atoms with Crippen LogP contribution < -0.4 is 5.56 Å². The lowest BCUT2D eigenvalue weighted by molar-refractivity contribution is 0.234. The lowest BCUT2D eigenvalue weighted by Gasteiger charge is -2.12. The molecule has 0 aliphatic rings. The first-order valence-corrected chi connectivity index (χ1v) is 11.1. The first-order chi connectivity index (χ1) is 14.7. The van der Waals surface area contributed by atoms with Crippen molar-refractivity contribution in [3.8, 4) is 11.3 Å². The number of imidazole rings is 1. The summed E-state index contributed by atoms with van der Waals surface area (Å²) in [6, 6.07) is 13.8. The minimum atomic E-state index is -4.65. The van der Waals surface area contributed by atoms with E-state index >= 15 is 0 Å². The Kier molecular flexibility index (Phi) is 5.40. The van der Waals surface area contributed by atoms with Crippen LogP contribution >= 0.6 is 11.6 Å². The average molecular weight is 464 g/mol. The molecular weight excluding hydrogens is 448 g/mol. The zero-order valence-corrected chi connectivity index (χ0v) is 17.7. The van der Waals surface area contributed by atoms with Crippen LogP contribution in [0.15, 0.2) is 70.5 Å². The van der Waals surface area contributed by atoms with E-state index in [2.05, 4.69) is 4.98 Å². The van der Waals surface area contributed by atoms with Crippen LogP contribution in [-0.2, 0) is 16.4 Å². The molecule has 2 heterocycles. The Balaban J connectivity index is 1.75. The minimum absolute atomic E-state index is 0.241. The molecule has 0 atom stereocenters. The van der Waals surface area contributed by atoms with Gasteiger partial charge in [-0.2, -0.15) is 8.78 Å². The molecule has 160 valence electrons. The minimum Gasteiger partial charge on any atom is -0.311 e. The fraction of sp³-hybridized carbons (Fsp3) is 0.143. The number of fused-ring (bicyclic) bond motifs is 1. The Labute approximate surface area is 181 Å². The number of aromatic nitrogens is 3. The molecule has 0 amide bonds. The van der Waals surface area contributed by atoms with Gasteiger partial charge < -0.3 is 4.57 Å². The van der Waals surface area contributed by atoms with Gasteiger partial charge in [-0.1, -0.05) is 35.9 Å². The van der Waals surface area contributed by atoms with Crippen LogP contribution in [0.4, 0.5) is 8.78 Å². The van der Waals surface area contributed by atoms with Crippen LogP contribution in [0.2, 0.25) is 5.02 Å². The van der Waals surface area contributed by atoms with Crippen molar-refractivity contribution in [1.82, 2.24) is 14.0 Å². The van der Waals surface area contributed by atoms with Crippen LogP contribution in [0.3, 0.4) is 0 Å². The topological polar surface area (TPSA) is 73.4 Å². The summed E-state index contributed by atoms with van der Waals surface area (Å²) in [5, 5.41) is 0.584. The summed E-state index contributed by atoms with van der Waals surface area (Å²) in [6.07, 6.45) is 1.63. The van der Waals surface area contributed by atoms with Gasteiger partial charge in [-0.25, -0.2) is 13.4 Å². The molecule has 6 nitrogen and oxygen atoms in total. The molecule has 0 fully saturated rings. The molecule has 4 rings (SSSR count). The summed E-state index contributed by atoms with van der Waals surface area (Å²) in [7, 11) is -4.65. The van der Waals surface area contributed by atoms with Gasteiger partial charge >= 0.3 is 5.76 Å². The maximum Gasteiger partial charge on any atom is 0.341 e. The van der Waals surface area contributed by atoms with Crippen molar-refractivity contribution in [2.75, 3.05) is 0 Å². The number of hydrogen-bond donors (Lipinski definition) is 0. The Morgan fingerprint density at radius 3 is 2.32 bits per heavy atom. The lowest BCUT2D eigenvalue weighted by atomic mass is 10.2. The Morgan fingerprint density at radius 2 is 1.71 bits per heavy atom. The van der Waals surface area contributed by atoms with Gasteiger partial charge in [0.2, 0.25) is 15.6 Å². The van der Waals surface area contributed by atoms with Gasteiger partial charge in [-0.05, 0) is 36.8 Å². The summed E-state index contributed by atoms with van der Waals surface area (Å²) < 4.78 is 51.9. The SMILES string of the molecule is Cc1cc(=O)n2cc(-c3ccc(Cl)cc3)nc2n1Cc1ccc(S(=O)(=O)C(F)F)cc1. The van der Waals surface area contributed by atoms with Crippen LogP contribution in [0.1, 0.15) is 11.3 Å². The van der Waals surface area contributed by atoms with E-state index in [0.717, 1.165) is 17.7 Å². The van der Waals surface area contributed by atoms with Crippen molar-refractivity contribution in [2.24, 2.45) is 0 Å². The van der Waals surface area contributed by atoms with E-state index in [1.54, 1.807) is 42.0 Å². The van der Waals surface area contributed by atoms with Crippen molar-refractivity contribution >= 4 is 27.2 Å². The van der Waals surface area contributed by atoms with E-state index in [-0.39, 0.29) is 12.1 Å². The molecule has 0 aliphatic carbocycles. The summed E-state index contributed by atoms with van der Waals surface area (Å²) in [6.45, 7) is 2.02. The third kappa shape index (κ3) is 3.98. The van der Waals surface area contributed by atoms with Crippen LogP contribution in [0.5, 0.6) is 0 Å². The molecule has 0 N–H and O–H groups in total. The summed E-state index contributed by atoms with van der Waals surface area (Å²) >= 11 is 5.94. The Hall–Kier alpha value is -3.04. The maximum absolute atomic E-state index is 12.7. The second-order valence-electron chi connectivity index (χ2n) is 6.96. The maximum atomic E-state index is 12.7. The Bertz CT molecular complexity index is 1430. The number of aryl methyl sites for hydroxylation is 1. The molecule has 0 saturated carbocycles. The average Bonchev–Trinajstić information content (AvgIpc) is 3.18. The first kappa shape index (κ1) is 21.2. The predicted molar refractivity (Wildman–Crippen MR) is 113 cm³/mol. The second kappa shape index (κ2) is 7.90. The van der Waals surface area contributed by atoms with E-state index < -0.39 is 20.5 Å². The van der Waals surface area contributed by atoms with Crippen molar-refractivity contribution in [1.29, 1.82) is 0 Å². The van der Waals surface area contributed by atoms with Crippen LogP contribution in [0.25, 0.3) is 17.0 Å². The summed E-state index contributed by atoms with van der Waals surface area (Å²) in [5.74, 6) is -3.07. The third-order valence-corrected chi connectivity index (χ3v) is 6.54. The van der Waals surface area contributed by atoms with Gasteiger partial charge in [0.25, 0.3) is 5.56 Å². The zero-order chi connectivity index (χ0) is 22.3. The Morgan fingerprint density at radius 1 is 1.06 bits per heavy atom. The van der Waals surface area contributed by atoms with Crippen molar-refractivity contribution in [3.05, 3.63) is 87.4 Å². The number of nitrogens with zero attached hydrogens (tertiary/aromatic N) is 3. The highest BCUT2D eigenvalue weighted by Gasteiger charge is 2.26. The van der Waals surface area contributed by atoms with E-state index in [9.17, 15) is 22.0 Å². The van der Waals surface area contributed by atoms with E-state index in [4.69, 9.17) is 11.6 Å². The van der Waals surface area contributed by atoms with Crippen LogP contribution in [0, 0.1) is 6.92 Å². The smallest absolute Gasteiger partial charge is 0.311 e. The molecule has 2 aromatic carbocycles. The highest BCUT2D eigenvalue weighted by atomic mass is 35.5. The summed E-state index contributed by atoms with van der Waals surface area (Å²) in [4.78, 5) is 16.6. The summed E-state index contributed by atoms with van der Waals surface area (Å²) in [5.41, 5.74) is 2.45. The quantitative estimate of drug-likeness (QED) is 0.445. The molecule has 2 aromatic heterocycles. The van der Waals surface area contributed by atoms with E-state index in [1.807, 2.05) is 0 Å². The standard InChI is InChI=1S/C21H16ClF2N3O3S/c1-13-10-19(28)27-12-18(15-4-6-16(22)7-5-15)25-21(27)26(13)11-14-2-8-17(9-3-14)31(29,30)20(23)24/h2-10,12,20H,11H2,1H3. The van der Waals surface area contributed by atoms with Gasteiger partial charge in [0.05, 0.1) is 17.1 Å². The highest BCUT2D eigenvalue weighted by Crippen LogP contribution is 2.22. The van der Waals surface area contributed by atoms with Gasteiger partial charge in [0, 0.05) is 28.5 Å². The molecule has 0 unspecified atom stereocenters. The third-order valence-electron chi connectivity index (χ3n) is 4.89. The number of hydrogen-bond acceptors (Lipinski definition) is 4. The molecule has 4 aromatic rings. The fourth-order valence-electron chi connectivity index (χ4n) is 3.23. The van der Waals surface area contributed by atoms with Crippen LogP contribution in [-0.4, -0.2) is 28.1 Å². The zero-order valence-electron chi connectivity index (χ0n) is 16.2. The van der Waals surface area contributed by atoms with E-state index in [1.165, 1.54) is 22.6 Å². The van der Waals surface area contributed by atoms with Crippen molar-refractivity contribution < 1.29 is 17.2 Å². The molecular formula is C21H16ClF2N3O3S. The second-order valence-corrected chi connectivity index (χ2v) is 9.32. The lowest BCUT2D eigenvalue weighted by Crippen LogP contribution is -2.19. The monoisotopic (exact) mass is 463 g/mol. The first-order valence-electron chi connectivity index (χ1n) is 9.13. The molecule has 31 heavy (non-hydrogen) atoms. The molecule has 0 bridgehead atoms.